The largest absolute Gasteiger partial charge is 0.481 e. The number of para-hydroxylation sites is 1. The minimum atomic E-state index is -0.900. The summed E-state index contributed by atoms with van der Waals surface area (Å²) in [6, 6.07) is 5.38. The van der Waals surface area contributed by atoms with Crippen molar-refractivity contribution >= 4 is 29.2 Å². The molecule has 0 heterocycles. The Balaban J connectivity index is 1.85. The molecule has 1 fully saturated rings. The summed E-state index contributed by atoms with van der Waals surface area (Å²) in [4.78, 5) is 24.0. The van der Waals surface area contributed by atoms with Gasteiger partial charge >= 0.3 is 5.97 Å². The third-order valence-electron chi connectivity index (χ3n) is 4.52. The highest BCUT2D eigenvalue weighted by Gasteiger charge is 2.51. The lowest BCUT2D eigenvalue weighted by Gasteiger charge is -2.24. The van der Waals surface area contributed by atoms with Crippen LogP contribution in [0.5, 0.6) is 0 Å². The van der Waals surface area contributed by atoms with E-state index in [4.69, 9.17) is 11.6 Å². The number of amides is 1. The summed E-state index contributed by atoms with van der Waals surface area (Å²) in [5, 5.41) is 12.7. The van der Waals surface area contributed by atoms with Gasteiger partial charge in [0.1, 0.15) is 0 Å². The topological polar surface area (TPSA) is 66.4 Å². The van der Waals surface area contributed by atoms with Crippen LogP contribution in [0.15, 0.2) is 30.4 Å². The fourth-order valence-electron chi connectivity index (χ4n) is 3.51. The Bertz CT molecular complexity index is 620. The fourth-order valence-corrected chi connectivity index (χ4v) is 3.78. The average molecular weight is 306 g/mol. The summed E-state index contributed by atoms with van der Waals surface area (Å²) in [6.45, 7) is 1.86. The lowest BCUT2D eigenvalue weighted by atomic mass is 9.82. The van der Waals surface area contributed by atoms with Crippen LogP contribution in [0.1, 0.15) is 12.0 Å². The molecule has 2 aliphatic carbocycles. The minimum absolute atomic E-state index is 0.0129. The van der Waals surface area contributed by atoms with E-state index in [9.17, 15) is 14.7 Å². The number of anilines is 1. The van der Waals surface area contributed by atoms with Crippen molar-refractivity contribution in [3.8, 4) is 0 Å². The van der Waals surface area contributed by atoms with Crippen LogP contribution in [0.2, 0.25) is 5.02 Å². The van der Waals surface area contributed by atoms with Crippen LogP contribution in [0, 0.1) is 30.6 Å². The normalized spacial score (nSPS) is 29.6. The van der Waals surface area contributed by atoms with E-state index in [1.165, 1.54) is 0 Å². The number of carboxylic acid groups (broad SMARTS) is 1. The van der Waals surface area contributed by atoms with E-state index >= 15 is 0 Å². The molecule has 4 nitrogen and oxygen atoms in total. The van der Waals surface area contributed by atoms with E-state index < -0.39 is 17.8 Å². The monoisotopic (exact) mass is 305 g/mol. The lowest BCUT2D eigenvalue weighted by molar-refractivity contribution is -0.146. The Morgan fingerprint density at radius 1 is 1.24 bits per heavy atom. The Labute approximate surface area is 127 Å². The zero-order chi connectivity index (χ0) is 15.1. The molecule has 0 radical (unpaired) electrons. The predicted molar refractivity (Wildman–Crippen MR) is 80.2 cm³/mol. The maximum Gasteiger partial charge on any atom is 0.307 e. The molecule has 1 saturated carbocycles. The van der Waals surface area contributed by atoms with Crippen LogP contribution in [0.4, 0.5) is 5.69 Å². The van der Waals surface area contributed by atoms with Gasteiger partial charge in [-0.05, 0) is 36.8 Å². The van der Waals surface area contributed by atoms with Crippen molar-refractivity contribution in [1.82, 2.24) is 0 Å². The quantitative estimate of drug-likeness (QED) is 0.843. The molecule has 0 aromatic heterocycles. The third kappa shape index (κ3) is 2.33. The van der Waals surface area contributed by atoms with Crippen molar-refractivity contribution in [3.63, 3.8) is 0 Å². The van der Waals surface area contributed by atoms with Gasteiger partial charge in [-0.3, -0.25) is 9.59 Å². The summed E-state index contributed by atoms with van der Waals surface area (Å²) < 4.78 is 0. The number of benzene rings is 1. The summed E-state index contributed by atoms with van der Waals surface area (Å²) in [5.74, 6) is -2.33. The van der Waals surface area contributed by atoms with E-state index in [-0.39, 0.29) is 17.7 Å². The molecule has 1 aromatic rings. The zero-order valence-electron chi connectivity index (χ0n) is 11.5. The predicted octanol–water partition coefficient (Wildman–Crippen LogP) is 3.11. The van der Waals surface area contributed by atoms with Gasteiger partial charge in [0.25, 0.3) is 0 Å². The van der Waals surface area contributed by atoms with Crippen LogP contribution in [-0.2, 0) is 9.59 Å². The highest BCUT2D eigenvalue weighted by molar-refractivity contribution is 6.34. The van der Waals surface area contributed by atoms with Gasteiger partial charge in [-0.25, -0.2) is 0 Å². The molecular weight excluding hydrogens is 290 g/mol. The first kappa shape index (κ1) is 14.1. The SMILES string of the molecule is Cc1cccc(Cl)c1NC(=O)[C@@H]1[C@@H](C(=O)O)[C@H]2C=C[C@@H]1C2. The van der Waals surface area contributed by atoms with E-state index in [0.717, 1.165) is 12.0 Å². The Kier molecular flexibility index (Phi) is 3.49. The number of carbonyl (C=O) groups excluding carboxylic acids is 1. The summed E-state index contributed by atoms with van der Waals surface area (Å²) >= 11 is 6.11. The van der Waals surface area contributed by atoms with Crippen LogP contribution in [-0.4, -0.2) is 17.0 Å². The van der Waals surface area contributed by atoms with Crippen molar-refractivity contribution in [3.05, 3.63) is 40.9 Å². The van der Waals surface area contributed by atoms with E-state index in [0.29, 0.717) is 10.7 Å². The number of aryl methyl sites for hydroxylation is 1. The molecule has 5 heteroatoms. The maximum absolute atomic E-state index is 12.6. The molecule has 2 N–H and O–H groups in total. The molecule has 0 saturated heterocycles. The van der Waals surface area contributed by atoms with Crippen LogP contribution in [0.3, 0.4) is 0 Å². The van der Waals surface area contributed by atoms with Crippen molar-refractivity contribution in [2.75, 3.05) is 5.32 Å². The van der Waals surface area contributed by atoms with E-state index in [1.54, 1.807) is 6.07 Å². The first-order valence-corrected chi connectivity index (χ1v) is 7.34. The molecule has 1 amide bonds. The summed E-state index contributed by atoms with van der Waals surface area (Å²) in [5.41, 5.74) is 1.43. The van der Waals surface area contributed by atoms with E-state index in [2.05, 4.69) is 5.32 Å². The first-order valence-electron chi connectivity index (χ1n) is 6.96. The molecule has 4 atom stereocenters. The zero-order valence-corrected chi connectivity index (χ0v) is 12.3. The molecule has 2 bridgehead atoms. The van der Waals surface area contributed by atoms with Gasteiger partial charge in [-0.1, -0.05) is 35.9 Å². The second-order valence-corrected chi connectivity index (χ2v) is 6.17. The molecule has 1 aromatic carbocycles. The Morgan fingerprint density at radius 3 is 2.52 bits per heavy atom. The van der Waals surface area contributed by atoms with E-state index in [1.807, 2.05) is 31.2 Å². The standard InChI is InChI=1S/C16H16ClNO3/c1-8-3-2-4-11(17)14(8)18-15(19)12-9-5-6-10(7-9)13(12)16(20)21/h2-6,9-10,12-13H,7H2,1H3,(H,18,19)(H,20,21)/t9-,10+,12+,13+/m1/s1. The number of aliphatic carboxylic acids is 1. The third-order valence-corrected chi connectivity index (χ3v) is 4.83. The van der Waals surface area contributed by atoms with Gasteiger partial charge in [-0.2, -0.15) is 0 Å². The second-order valence-electron chi connectivity index (χ2n) is 5.76. The highest BCUT2D eigenvalue weighted by atomic mass is 35.5. The maximum atomic E-state index is 12.6. The molecule has 0 unspecified atom stereocenters. The van der Waals surface area contributed by atoms with Crippen molar-refractivity contribution in [2.45, 2.75) is 13.3 Å². The van der Waals surface area contributed by atoms with Crippen molar-refractivity contribution in [2.24, 2.45) is 23.7 Å². The summed E-state index contributed by atoms with van der Waals surface area (Å²) in [6.07, 6.45) is 4.64. The number of carboxylic acids is 1. The van der Waals surface area contributed by atoms with Gasteiger partial charge in [-0.15, -0.1) is 0 Å². The van der Waals surface area contributed by atoms with Crippen LogP contribution < -0.4 is 5.32 Å². The summed E-state index contributed by atoms with van der Waals surface area (Å²) in [7, 11) is 0. The van der Waals surface area contributed by atoms with Gasteiger partial charge < -0.3 is 10.4 Å². The smallest absolute Gasteiger partial charge is 0.307 e. The number of hydrogen-bond acceptors (Lipinski definition) is 2. The van der Waals surface area contributed by atoms with Gasteiger partial charge in [0.2, 0.25) is 5.91 Å². The number of halogens is 1. The molecule has 2 aliphatic rings. The molecular formula is C16H16ClNO3. The van der Waals surface area contributed by atoms with Crippen molar-refractivity contribution in [1.29, 1.82) is 0 Å². The number of fused-ring (bicyclic) bond motifs is 2. The number of allylic oxidation sites excluding steroid dienone is 2. The average Bonchev–Trinajstić information content (AvgIpc) is 3.03. The molecule has 110 valence electrons. The van der Waals surface area contributed by atoms with Crippen LogP contribution in [0.25, 0.3) is 0 Å². The fraction of sp³-hybridized carbons (Fsp3) is 0.375. The number of hydrogen-bond donors (Lipinski definition) is 2. The highest BCUT2D eigenvalue weighted by Crippen LogP contribution is 2.48. The van der Waals surface area contributed by atoms with Gasteiger partial charge in [0.05, 0.1) is 22.5 Å². The number of rotatable bonds is 3. The molecule has 0 spiro atoms. The Morgan fingerprint density at radius 2 is 1.90 bits per heavy atom. The number of nitrogens with one attached hydrogen (secondary N) is 1. The van der Waals surface area contributed by atoms with Gasteiger partial charge in [0, 0.05) is 0 Å². The number of carbonyl (C=O) groups is 2. The minimum Gasteiger partial charge on any atom is -0.481 e. The molecule has 3 rings (SSSR count). The molecule has 21 heavy (non-hydrogen) atoms. The first-order chi connectivity index (χ1) is 9.99. The van der Waals surface area contributed by atoms with Crippen molar-refractivity contribution < 1.29 is 14.7 Å². The van der Waals surface area contributed by atoms with Gasteiger partial charge in [0.15, 0.2) is 0 Å². The second kappa shape index (κ2) is 5.19. The van der Waals surface area contributed by atoms with Crippen LogP contribution >= 0.6 is 11.6 Å². The Hall–Kier alpha value is -1.81. The molecule has 0 aliphatic heterocycles. The lowest BCUT2D eigenvalue weighted by Crippen LogP contribution is -2.36.